The maximum Gasteiger partial charge on any atom is 0.225 e. The SMILES string of the molecule is Cc1ccc(CCc2nc(N)nc(N)n2)c(C)c1O. The molecule has 0 aliphatic carbocycles. The smallest absolute Gasteiger partial charge is 0.225 e. The number of hydrogen-bond donors (Lipinski definition) is 3. The van der Waals surface area contributed by atoms with Crippen molar-refractivity contribution in [2.45, 2.75) is 26.7 Å². The normalized spacial score (nSPS) is 10.6. The molecule has 1 heterocycles. The van der Waals surface area contributed by atoms with Crippen LogP contribution in [0.4, 0.5) is 11.9 Å². The summed E-state index contributed by atoms with van der Waals surface area (Å²) in [6.07, 6.45) is 1.31. The molecule has 0 unspecified atom stereocenters. The summed E-state index contributed by atoms with van der Waals surface area (Å²) < 4.78 is 0. The summed E-state index contributed by atoms with van der Waals surface area (Å²) in [5.74, 6) is 1.16. The molecule has 6 nitrogen and oxygen atoms in total. The molecule has 5 N–H and O–H groups in total. The van der Waals surface area contributed by atoms with Crippen LogP contribution in [0.15, 0.2) is 12.1 Å². The molecule has 0 aliphatic rings. The van der Waals surface area contributed by atoms with Crippen molar-refractivity contribution in [1.82, 2.24) is 15.0 Å². The first-order chi connectivity index (χ1) is 8.97. The number of aromatic nitrogens is 3. The number of hydrogen-bond acceptors (Lipinski definition) is 6. The van der Waals surface area contributed by atoms with Crippen molar-refractivity contribution in [3.63, 3.8) is 0 Å². The first kappa shape index (κ1) is 13.1. The average Bonchev–Trinajstić information content (AvgIpc) is 2.34. The van der Waals surface area contributed by atoms with Gasteiger partial charge in [-0.15, -0.1) is 0 Å². The van der Waals surface area contributed by atoms with Crippen molar-refractivity contribution in [1.29, 1.82) is 0 Å². The first-order valence-electron chi connectivity index (χ1n) is 6.01. The molecule has 6 heteroatoms. The van der Waals surface area contributed by atoms with Gasteiger partial charge in [0.2, 0.25) is 11.9 Å². The highest BCUT2D eigenvalue weighted by molar-refractivity contribution is 5.44. The Morgan fingerprint density at radius 1 is 1.00 bits per heavy atom. The monoisotopic (exact) mass is 259 g/mol. The quantitative estimate of drug-likeness (QED) is 0.762. The lowest BCUT2D eigenvalue weighted by Gasteiger charge is -2.09. The number of rotatable bonds is 3. The Morgan fingerprint density at radius 2 is 1.63 bits per heavy atom. The Kier molecular flexibility index (Phi) is 3.50. The topological polar surface area (TPSA) is 111 Å². The molecule has 0 spiro atoms. The summed E-state index contributed by atoms with van der Waals surface area (Å²) in [6, 6.07) is 3.89. The van der Waals surface area contributed by atoms with Crippen LogP contribution in [-0.4, -0.2) is 20.1 Å². The van der Waals surface area contributed by atoms with E-state index < -0.39 is 0 Å². The van der Waals surface area contributed by atoms with Crippen LogP contribution in [0.5, 0.6) is 5.75 Å². The fourth-order valence-electron chi connectivity index (χ4n) is 1.96. The molecule has 2 rings (SSSR count). The second-order valence-corrected chi connectivity index (χ2v) is 4.48. The van der Waals surface area contributed by atoms with Gasteiger partial charge in [0.25, 0.3) is 0 Å². The number of nitrogens with two attached hydrogens (primary N) is 2. The minimum Gasteiger partial charge on any atom is -0.507 e. The lowest BCUT2D eigenvalue weighted by atomic mass is 10.00. The molecule has 0 amide bonds. The van der Waals surface area contributed by atoms with E-state index in [1.807, 2.05) is 26.0 Å². The van der Waals surface area contributed by atoms with Crippen LogP contribution in [0, 0.1) is 13.8 Å². The number of aryl methyl sites for hydroxylation is 3. The number of phenols is 1. The molecule has 0 aliphatic heterocycles. The van der Waals surface area contributed by atoms with E-state index in [0.717, 1.165) is 16.7 Å². The summed E-state index contributed by atoms with van der Waals surface area (Å²) >= 11 is 0. The zero-order valence-corrected chi connectivity index (χ0v) is 11.0. The second kappa shape index (κ2) is 5.09. The molecule has 0 bridgehead atoms. The molecule has 2 aromatic rings. The van der Waals surface area contributed by atoms with Crippen molar-refractivity contribution >= 4 is 11.9 Å². The van der Waals surface area contributed by atoms with Gasteiger partial charge in [0.15, 0.2) is 0 Å². The number of nitrogen functional groups attached to an aromatic ring is 2. The average molecular weight is 259 g/mol. The molecule has 19 heavy (non-hydrogen) atoms. The van der Waals surface area contributed by atoms with Crippen molar-refractivity contribution < 1.29 is 5.11 Å². The first-order valence-corrected chi connectivity index (χ1v) is 6.01. The van der Waals surface area contributed by atoms with Gasteiger partial charge >= 0.3 is 0 Å². The fourth-order valence-corrected chi connectivity index (χ4v) is 1.96. The number of phenolic OH excluding ortho intramolecular Hbond substituents is 1. The fraction of sp³-hybridized carbons (Fsp3) is 0.308. The lowest BCUT2D eigenvalue weighted by molar-refractivity contribution is 0.466. The second-order valence-electron chi connectivity index (χ2n) is 4.48. The number of benzene rings is 1. The van der Waals surface area contributed by atoms with E-state index in [9.17, 15) is 5.11 Å². The van der Waals surface area contributed by atoms with Crippen LogP contribution < -0.4 is 11.5 Å². The molecule has 0 radical (unpaired) electrons. The van der Waals surface area contributed by atoms with E-state index in [1.54, 1.807) is 0 Å². The van der Waals surface area contributed by atoms with E-state index in [-0.39, 0.29) is 11.9 Å². The van der Waals surface area contributed by atoms with Crippen molar-refractivity contribution in [2.75, 3.05) is 11.5 Å². The van der Waals surface area contributed by atoms with Gasteiger partial charge in [-0.05, 0) is 37.0 Å². The molecule has 0 saturated heterocycles. The van der Waals surface area contributed by atoms with E-state index in [0.29, 0.717) is 24.4 Å². The molecule has 0 atom stereocenters. The zero-order chi connectivity index (χ0) is 14.0. The van der Waals surface area contributed by atoms with Crippen LogP contribution >= 0.6 is 0 Å². The Morgan fingerprint density at radius 3 is 2.26 bits per heavy atom. The molecule has 100 valence electrons. The van der Waals surface area contributed by atoms with Gasteiger partial charge in [0.1, 0.15) is 11.6 Å². The third-order valence-electron chi connectivity index (χ3n) is 3.08. The van der Waals surface area contributed by atoms with E-state index in [4.69, 9.17) is 11.5 Å². The molecular weight excluding hydrogens is 242 g/mol. The van der Waals surface area contributed by atoms with Gasteiger partial charge in [-0.2, -0.15) is 15.0 Å². The third-order valence-corrected chi connectivity index (χ3v) is 3.08. The van der Waals surface area contributed by atoms with E-state index in [2.05, 4.69) is 15.0 Å². The highest BCUT2D eigenvalue weighted by Gasteiger charge is 2.08. The van der Waals surface area contributed by atoms with Crippen LogP contribution in [0.1, 0.15) is 22.5 Å². The minimum absolute atomic E-state index is 0.131. The van der Waals surface area contributed by atoms with E-state index >= 15 is 0 Å². The third kappa shape index (κ3) is 2.90. The maximum atomic E-state index is 9.89. The molecule has 1 aromatic heterocycles. The Hall–Kier alpha value is -2.37. The van der Waals surface area contributed by atoms with Gasteiger partial charge in [0.05, 0.1) is 0 Å². The Bertz CT molecular complexity index is 592. The Labute approximate surface area is 111 Å². The number of aromatic hydroxyl groups is 1. The minimum atomic E-state index is 0.131. The Balaban J connectivity index is 2.17. The summed E-state index contributed by atoms with van der Waals surface area (Å²) in [6.45, 7) is 3.77. The summed E-state index contributed by atoms with van der Waals surface area (Å²) in [4.78, 5) is 11.8. The maximum absolute atomic E-state index is 9.89. The van der Waals surface area contributed by atoms with Gasteiger partial charge in [-0.3, -0.25) is 0 Å². The predicted octanol–water partition coefficient (Wildman–Crippen LogP) is 1.14. The number of nitrogens with zero attached hydrogens (tertiary/aromatic N) is 3. The van der Waals surface area contributed by atoms with Crippen molar-refractivity contribution in [2.24, 2.45) is 0 Å². The van der Waals surface area contributed by atoms with Crippen LogP contribution in [0.25, 0.3) is 0 Å². The predicted molar refractivity (Wildman–Crippen MR) is 73.6 cm³/mol. The van der Waals surface area contributed by atoms with Crippen molar-refractivity contribution in [3.8, 4) is 5.75 Å². The highest BCUT2D eigenvalue weighted by Crippen LogP contribution is 2.25. The van der Waals surface area contributed by atoms with Crippen LogP contribution in [0.3, 0.4) is 0 Å². The molecule has 0 fully saturated rings. The summed E-state index contributed by atoms with van der Waals surface area (Å²) in [5.41, 5.74) is 13.9. The molecule has 1 aromatic carbocycles. The van der Waals surface area contributed by atoms with Crippen molar-refractivity contribution in [3.05, 3.63) is 34.6 Å². The van der Waals surface area contributed by atoms with Crippen LogP contribution in [-0.2, 0) is 12.8 Å². The largest absolute Gasteiger partial charge is 0.507 e. The summed E-state index contributed by atoms with van der Waals surface area (Å²) in [5, 5.41) is 9.89. The number of anilines is 2. The highest BCUT2D eigenvalue weighted by atomic mass is 16.3. The lowest BCUT2D eigenvalue weighted by Crippen LogP contribution is -2.08. The van der Waals surface area contributed by atoms with Crippen LogP contribution in [0.2, 0.25) is 0 Å². The van der Waals surface area contributed by atoms with Gasteiger partial charge < -0.3 is 16.6 Å². The standard InChI is InChI=1S/C13H17N5O/c1-7-3-4-9(8(2)11(7)19)5-6-10-16-12(14)18-13(15)17-10/h3-4,19H,5-6H2,1-2H3,(H4,14,15,16,17,18). The summed E-state index contributed by atoms with van der Waals surface area (Å²) in [7, 11) is 0. The molecule has 0 saturated carbocycles. The van der Waals surface area contributed by atoms with Gasteiger partial charge in [-0.25, -0.2) is 0 Å². The van der Waals surface area contributed by atoms with Gasteiger partial charge in [0, 0.05) is 6.42 Å². The molecular formula is C13H17N5O. The zero-order valence-electron chi connectivity index (χ0n) is 11.0. The van der Waals surface area contributed by atoms with E-state index in [1.165, 1.54) is 0 Å². The van der Waals surface area contributed by atoms with Gasteiger partial charge in [-0.1, -0.05) is 12.1 Å².